The van der Waals surface area contributed by atoms with Gasteiger partial charge in [0.25, 0.3) is 5.92 Å². The van der Waals surface area contributed by atoms with Crippen LogP contribution < -0.4 is 4.74 Å². The fourth-order valence-electron chi connectivity index (χ4n) is 1.13. The molecule has 0 aromatic carbocycles. The monoisotopic (exact) mass is 281 g/mol. The number of aliphatic hydroxyl groups is 1. The second kappa shape index (κ2) is 4.85. The Bertz CT molecular complexity index is 347. The van der Waals surface area contributed by atoms with E-state index in [1.807, 2.05) is 0 Å². The molecule has 0 saturated carbocycles. The first kappa shape index (κ1) is 12.3. The van der Waals surface area contributed by atoms with Gasteiger partial charge in [-0.25, -0.2) is 13.8 Å². The summed E-state index contributed by atoms with van der Waals surface area (Å²) in [5.41, 5.74) is -0.326. The molecule has 0 spiro atoms. The number of aromatic nitrogens is 1. The van der Waals surface area contributed by atoms with Crippen molar-refractivity contribution < 1.29 is 18.6 Å². The van der Waals surface area contributed by atoms with Gasteiger partial charge in [0.05, 0.1) is 12.7 Å². The van der Waals surface area contributed by atoms with Crippen molar-refractivity contribution in [2.75, 3.05) is 13.7 Å². The van der Waals surface area contributed by atoms with Gasteiger partial charge < -0.3 is 9.84 Å². The second-order valence-corrected chi connectivity index (χ2v) is 3.80. The quantitative estimate of drug-likeness (QED) is 0.921. The average Bonchev–Trinajstić information content (AvgIpc) is 2.17. The largest absolute Gasteiger partial charge is 0.481 e. The van der Waals surface area contributed by atoms with Crippen LogP contribution in [0.2, 0.25) is 0 Å². The number of hydrogen-bond donors (Lipinski definition) is 1. The Balaban J connectivity index is 3.15. The molecule has 1 N–H and O–H groups in total. The fourth-order valence-corrected chi connectivity index (χ4v) is 1.46. The maximum absolute atomic E-state index is 13.5. The van der Waals surface area contributed by atoms with E-state index in [1.165, 1.54) is 19.4 Å². The van der Waals surface area contributed by atoms with Crippen LogP contribution in [0.25, 0.3) is 0 Å². The summed E-state index contributed by atoms with van der Waals surface area (Å²) >= 11 is 3.06. The smallest absolute Gasteiger partial charge is 0.280 e. The summed E-state index contributed by atoms with van der Waals surface area (Å²) < 4.78 is 32.1. The van der Waals surface area contributed by atoms with Crippen LogP contribution in [0.5, 0.6) is 5.88 Å². The predicted molar refractivity (Wildman–Crippen MR) is 54.1 cm³/mol. The Morgan fingerprint density at radius 2 is 2.27 bits per heavy atom. The van der Waals surface area contributed by atoms with E-state index in [2.05, 4.69) is 20.9 Å². The zero-order valence-electron chi connectivity index (χ0n) is 8.01. The normalized spacial score (nSPS) is 11.5. The molecule has 0 aliphatic carbocycles. The number of methoxy groups -OCH3 is 1. The van der Waals surface area contributed by atoms with Crippen LogP contribution in [0.1, 0.15) is 12.0 Å². The van der Waals surface area contributed by atoms with Crippen molar-refractivity contribution >= 4 is 15.9 Å². The first-order valence-electron chi connectivity index (χ1n) is 4.20. The summed E-state index contributed by atoms with van der Waals surface area (Å²) in [5, 5.41) is 8.54. The number of aliphatic hydroxyl groups excluding tert-OH is 1. The topological polar surface area (TPSA) is 42.4 Å². The van der Waals surface area contributed by atoms with Gasteiger partial charge in [0, 0.05) is 23.7 Å². The van der Waals surface area contributed by atoms with Crippen LogP contribution in [-0.4, -0.2) is 23.8 Å². The van der Waals surface area contributed by atoms with Crippen LogP contribution in [0.4, 0.5) is 8.78 Å². The van der Waals surface area contributed by atoms with Gasteiger partial charge in [0.2, 0.25) is 5.88 Å². The minimum atomic E-state index is -3.14. The first-order valence-corrected chi connectivity index (χ1v) is 4.99. The van der Waals surface area contributed by atoms with Gasteiger partial charge in [-0.05, 0) is 22.0 Å². The number of nitrogens with zero attached hydrogens (tertiary/aromatic N) is 1. The number of halogens is 3. The van der Waals surface area contributed by atoms with Crippen molar-refractivity contribution in [2.24, 2.45) is 0 Å². The van der Waals surface area contributed by atoms with Gasteiger partial charge in [-0.1, -0.05) is 0 Å². The van der Waals surface area contributed by atoms with Crippen LogP contribution in [0.3, 0.4) is 0 Å². The molecule has 15 heavy (non-hydrogen) atoms. The van der Waals surface area contributed by atoms with E-state index in [0.717, 1.165) is 0 Å². The van der Waals surface area contributed by atoms with Gasteiger partial charge in [-0.2, -0.15) is 0 Å². The summed E-state index contributed by atoms with van der Waals surface area (Å²) in [6, 6.07) is 1.24. The van der Waals surface area contributed by atoms with E-state index >= 15 is 0 Å². The lowest BCUT2D eigenvalue weighted by atomic mass is 10.1. The SMILES string of the molecule is COc1ncc(Br)cc1C(F)(F)CCO. The molecule has 0 amide bonds. The lowest BCUT2D eigenvalue weighted by molar-refractivity contribution is -0.0293. The molecule has 1 rings (SSSR count). The van der Waals surface area contributed by atoms with Crippen LogP contribution >= 0.6 is 15.9 Å². The lowest BCUT2D eigenvalue weighted by Crippen LogP contribution is -2.17. The second-order valence-electron chi connectivity index (χ2n) is 2.89. The number of alkyl halides is 2. The van der Waals surface area contributed by atoms with E-state index in [-0.39, 0.29) is 11.4 Å². The Kier molecular flexibility index (Phi) is 3.98. The highest BCUT2D eigenvalue weighted by molar-refractivity contribution is 9.10. The fraction of sp³-hybridized carbons (Fsp3) is 0.444. The number of ether oxygens (including phenoxy) is 1. The molecule has 1 aromatic heterocycles. The minimum Gasteiger partial charge on any atom is -0.481 e. The van der Waals surface area contributed by atoms with E-state index in [1.54, 1.807) is 0 Å². The van der Waals surface area contributed by atoms with Crippen molar-refractivity contribution in [3.8, 4) is 5.88 Å². The summed E-state index contributed by atoms with van der Waals surface area (Å²) in [6.07, 6.45) is 0.721. The van der Waals surface area contributed by atoms with Crippen molar-refractivity contribution in [2.45, 2.75) is 12.3 Å². The zero-order chi connectivity index (χ0) is 11.5. The highest BCUT2D eigenvalue weighted by atomic mass is 79.9. The molecule has 1 heterocycles. The van der Waals surface area contributed by atoms with E-state index in [4.69, 9.17) is 9.84 Å². The number of hydrogen-bond acceptors (Lipinski definition) is 3. The Morgan fingerprint density at radius 1 is 1.60 bits per heavy atom. The van der Waals surface area contributed by atoms with Crippen LogP contribution in [0, 0.1) is 0 Å². The number of rotatable bonds is 4. The van der Waals surface area contributed by atoms with Gasteiger partial charge >= 0.3 is 0 Å². The van der Waals surface area contributed by atoms with Gasteiger partial charge in [0.1, 0.15) is 0 Å². The van der Waals surface area contributed by atoms with Crippen molar-refractivity contribution in [3.05, 3.63) is 22.3 Å². The van der Waals surface area contributed by atoms with Crippen molar-refractivity contribution in [3.63, 3.8) is 0 Å². The molecule has 6 heteroatoms. The molecule has 1 aromatic rings. The molecule has 0 bridgehead atoms. The molecular weight excluding hydrogens is 272 g/mol. The zero-order valence-corrected chi connectivity index (χ0v) is 9.59. The van der Waals surface area contributed by atoms with Gasteiger partial charge in [-0.3, -0.25) is 0 Å². The van der Waals surface area contributed by atoms with E-state index < -0.39 is 19.0 Å². The van der Waals surface area contributed by atoms with Crippen LogP contribution in [0.15, 0.2) is 16.7 Å². The first-order chi connectivity index (χ1) is 7.01. The third-order valence-corrected chi connectivity index (χ3v) is 2.26. The molecule has 84 valence electrons. The Labute approximate surface area is 94.2 Å². The van der Waals surface area contributed by atoms with Crippen LogP contribution in [-0.2, 0) is 5.92 Å². The standard InChI is InChI=1S/C9H10BrF2NO2/c1-15-8-7(4-6(10)5-13-8)9(11,12)2-3-14/h4-5,14H,2-3H2,1H3. The maximum Gasteiger partial charge on any atom is 0.280 e. The molecule has 0 aliphatic heterocycles. The minimum absolute atomic E-state index is 0.128. The third kappa shape index (κ3) is 2.85. The molecule has 0 unspecified atom stereocenters. The van der Waals surface area contributed by atoms with E-state index in [9.17, 15) is 8.78 Å². The molecule has 0 fully saturated rings. The maximum atomic E-state index is 13.5. The van der Waals surface area contributed by atoms with Gasteiger partial charge in [-0.15, -0.1) is 0 Å². The molecule has 0 atom stereocenters. The predicted octanol–water partition coefficient (Wildman–Crippen LogP) is 2.33. The highest BCUT2D eigenvalue weighted by Crippen LogP contribution is 2.37. The number of pyridine rings is 1. The molecule has 0 aliphatic rings. The summed E-state index contributed by atoms with van der Waals surface area (Å²) in [6.45, 7) is -0.595. The van der Waals surface area contributed by atoms with Gasteiger partial charge in [0.15, 0.2) is 0 Å². The summed E-state index contributed by atoms with van der Waals surface area (Å²) in [7, 11) is 1.27. The third-order valence-electron chi connectivity index (χ3n) is 1.83. The molecule has 0 saturated heterocycles. The molecule has 3 nitrogen and oxygen atoms in total. The Morgan fingerprint density at radius 3 is 2.80 bits per heavy atom. The summed E-state index contributed by atoms with van der Waals surface area (Å²) in [5.74, 6) is -3.27. The summed E-state index contributed by atoms with van der Waals surface area (Å²) in [4.78, 5) is 3.71. The Hall–Kier alpha value is -0.750. The highest BCUT2D eigenvalue weighted by Gasteiger charge is 2.35. The molecule has 0 radical (unpaired) electrons. The van der Waals surface area contributed by atoms with Crippen molar-refractivity contribution in [1.29, 1.82) is 0 Å². The average molecular weight is 282 g/mol. The van der Waals surface area contributed by atoms with E-state index in [0.29, 0.717) is 4.47 Å². The lowest BCUT2D eigenvalue weighted by Gasteiger charge is -2.17. The molecular formula is C9H10BrF2NO2. The van der Waals surface area contributed by atoms with Crippen molar-refractivity contribution in [1.82, 2.24) is 4.98 Å².